The maximum atomic E-state index is 13.3. The normalized spacial score (nSPS) is 16.5. The summed E-state index contributed by atoms with van der Waals surface area (Å²) in [5, 5.41) is 0. The molecule has 148 valence electrons. The summed E-state index contributed by atoms with van der Waals surface area (Å²) in [5.41, 5.74) is 1.12. The third-order valence-electron chi connectivity index (χ3n) is 5.74. The van der Waals surface area contributed by atoms with Gasteiger partial charge in [0.1, 0.15) is 6.54 Å². The van der Waals surface area contributed by atoms with Gasteiger partial charge in [-0.2, -0.15) is 0 Å². The Hall–Kier alpha value is -2.14. The van der Waals surface area contributed by atoms with Gasteiger partial charge in [0.2, 0.25) is 11.8 Å². The molecule has 0 saturated heterocycles. The average Bonchev–Trinajstić information content (AvgIpc) is 3.40. The predicted octanol–water partition coefficient (Wildman–Crippen LogP) is 4.38. The van der Waals surface area contributed by atoms with E-state index in [-0.39, 0.29) is 30.3 Å². The minimum absolute atomic E-state index is 0.0504. The van der Waals surface area contributed by atoms with Crippen molar-refractivity contribution in [3.05, 3.63) is 57.8 Å². The van der Waals surface area contributed by atoms with Crippen LogP contribution >= 0.6 is 11.3 Å². The second-order valence-electron chi connectivity index (χ2n) is 8.07. The summed E-state index contributed by atoms with van der Waals surface area (Å²) in [5.74, 6) is 0.402. The number of carbonyl (C=O) groups is 2. The highest BCUT2D eigenvalue weighted by molar-refractivity contribution is 7.11. The van der Waals surface area contributed by atoms with Gasteiger partial charge >= 0.3 is 0 Å². The van der Waals surface area contributed by atoms with E-state index in [1.807, 2.05) is 28.0 Å². The second-order valence-corrected chi connectivity index (χ2v) is 9.45. The molecule has 1 aromatic carbocycles. The van der Waals surface area contributed by atoms with E-state index < -0.39 is 0 Å². The first-order chi connectivity index (χ1) is 13.6. The Balaban J connectivity index is 1.48. The molecule has 1 heterocycles. The second kappa shape index (κ2) is 8.48. The number of aryl methyl sites for hydroxylation is 1. The van der Waals surface area contributed by atoms with E-state index in [4.69, 9.17) is 0 Å². The lowest BCUT2D eigenvalue weighted by Gasteiger charge is -2.33. The molecular weight excluding hydrogens is 368 g/mol. The van der Waals surface area contributed by atoms with Crippen LogP contribution in [0.2, 0.25) is 0 Å². The van der Waals surface area contributed by atoms with Crippen molar-refractivity contribution in [1.29, 1.82) is 0 Å². The van der Waals surface area contributed by atoms with Crippen LogP contribution in [0.15, 0.2) is 42.5 Å². The fraction of sp³-hybridized carbons (Fsp3) is 0.478. The lowest BCUT2D eigenvalue weighted by molar-refractivity contribution is -0.145. The number of benzene rings is 1. The first kappa shape index (κ1) is 19.2. The van der Waals surface area contributed by atoms with Crippen LogP contribution in [0, 0.1) is 12.8 Å². The molecule has 0 N–H and O–H groups in total. The Bertz CT molecular complexity index is 824. The van der Waals surface area contributed by atoms with Crippen LogP contribution in [0.1, 0.15) is 47.4 Å². The van der Waals surface area contributed by atoms with Crippen LogP contribution < -0.4 is 0 Å². The molecule has 1 aromatic heterocycles. The minimum Gasteiger partial charge on any atom is -0.332 e. The molecular formula is C23H28N2O2S. The topological polar surface area (TPSA) is 40.6 Å². The van der Waals surface area contributed by atoms with Crippen LogP contribution in [0.3, 0.4) is 0 Å². The van der Waals surface area contributed by atoms with Crippen molar-refractivity contribution in [3.63, 3.8) is 0 Å². The van der Waals surface area contributed by atoms with Crippen molar-refractivity contribution < 1.29 is 9.59 Å². The molecule has 0 radical (unpaired) electrons. The highest BCUT2D eigenvalue weighted by Gasteiger charge is 2.39. The lowest BCUT2D eigenvalue weighted by Crippen LogP contribution is -2.46. The molecule has 2 aliphatic rings. The fourth-order valence-electron chi connectivity index (χ4n) is 3.70. The standard InChI is InChI=1S/C23H28N2O2S/c1-17-10-13-21(28-17)15-24(14-18-6-3-2-4-7-18)22(26)16-25(20-11-12-20)23(27)19-8-5-9-19/h2-4,6-7,10,13,19-20H,5,8-9,11-12,14-16H2,1H3. The van der Waals surface area contributed by atoms with Crippen molar-refractivity contribution >= 4 is 23.2 Å². The zero-order chi connectivity index (χ0) is 19.5. The summed E-state index contributed by atoms with van der Waals surface area (Å²) in [6.07, 6.45) is 5.18. The number of thiophene rings is 1. The van der Waals surface area contributed by atoms with Crippen molar-refractivity contribution in [2.45, 2.75) is 58.2 Å². The Labute approximate surface area is 171 Å². The summed E-state index contributed by atoms with van der Waals surface area (Å²) in [7, 11) is 0. The van der Waals surface area contributed by atoms with Crippen LogP contribution in [0.4, 0.5) is 0 Å². The molecule has 2 aliphatic carbocycles. The number of hydrogen-bond donors (Lipinski definition) is 0. The molecule has 5 heteroatoms. The Morgan fingerprint density at radius 2 is 1.75 bits per heavy atom. The van der Waals surface area contributed by atoms with E-state index in [2.05, 4.69) is 31.2 Å². The number of amides is 2. The molecule has 0 bridgehead atoms. The van der Waals surface area contributed by atoms with Crippen molar-refractivity contribution in [2.75, 3.05) is 6.54 Å². The van der Waals surface area contributed by atoms with Gasteiger partial charge in [-0.15, -0.1) is 11.3 Å². The fourth-order valence-corrected chi connectivity index (χ4v) is 4.61. The third-order valence-corrected chi connectivity index (χ3v) is 6.73. The quantitative estimate of drug-likeness (QED) is 0.664. The molecule has 0 unspecified atom stereocenters. The maximum Gasteiger partial charge on any atom is 0.242 e. The van der Waals surface area contributed by atoms with E-state index >= 15 is 0 Å². The number of rotatable bonds is 8. The van der Waals surface area contributed by atoms with Gasteiger partial charge < -0.3 is 9.80 Å². The predicted molar refractivity (Wildman–Crippen MR) is 112 cm³/mol. The van der Waals surface area contributed by atoms with Crippen molar-refractivity contribution in [2.24, 2.45) is 5.92 Å². The zero-order valence-corrected chi connectivity index (χ0v) is 17.3. The minimum atomic E-state index is 0.0504. The average molecular weight is 397 g/mol. The molecule has 2 saturated carbocycles. The molecule has 4 nitrogen and oxygen atoms in total. The van der Waals surface area contributed by atoms with Crippen molar-refractivity contribution in [1.82, 2.24) is 9.80 Å². The van der Waals surface area contributed by atoms with Gasteiger partial charge in [0.15, 0.2) is 0 Å². The molecule has 28 heavy (non-hydrogen) atoms. The Kier molecular flexibility index (Phi) is 5.81. The van der Waals surface area contributed by atoms with Gasteiger partial charge in [0.05, 0.1) is 6.54 Å². The van der Waals surface area contributed by atoms with Crippen LogP contribution in [0.5, 0.6) is 0 Å². The first-order valence-electron chi connectivity index (χ1n) is 10.3. The van der Waals surface area contributed by atoms with E-state index in [0.717, 1.165) is 37.7 Å². The molecule has 0 spiro atoms. The number of carbonyl (C=O) groups excluding carboxylic acids is 2. The molecule has 2 fully saturated rings. The largest absolute Gasteiger partial charge is 0.332 e. The van der Waals surface area contributed by atoms with E-state index in [1.54, 1.807) is 11.3 Å². The Morgan fingerprint density at radius 1 is 1.00 bits per heavy atom. The Morgan fingerprint density at radius 3 is 2.32 bits per heavy atom. The van der Waals surface area contributed by atoms with E-state index in [9.17, 15) is 9.59 Å². The highest BCUT2D eigenvalue weighted by atomic mass is 32.1. The van der Waals surface area contributed by atoms with Gasteiger partial charge in [0.25, 0.3) is 0 Å². The molecule has 4 rings (SSSR count). The van der Waals surface area contributed by atoms with Crippen molar-refractivity contribution in [3.8, 4) is 0 Å². The highest BCUT2D eigenvalue weighted by Crippen LogP contribution is 2.34. The molecule has 0 atom stereocenters. The van der Waals surface area contributed by atoms with Crippen LogP contribution in [-0.2, 0) is 22.7 Å². The SMILES string of the molecule is Cc1ccc(CN(Cc2ccccc2)C(=O)CN(C(=O)C2CCC2)C2CC2)s1. The molecule has 2 amide bonds. The smallest absolute Gasteiger partial charge is 0.242 e. The summed E-state index contributed by atoms with van der Waals surface area (Å²) in [6.45, 7) is 3.48. The molecule has 0 aliphatic heterocycles. The van der Waals surface area contributed by atoms with Crippen LogP contribution in [0.25, 0.3) is 0 Å². The van der Waals surface area contributed by atoms with E-state index in [1.165, 1.54) is 9.75 Å². The van der Waals surface area contributed by atoms with Gasteiger partial charge in [-0.05, 0) is 50.3 Å². The lowest BCUT2D eigenvalue weighted by atomic mass is 9.84. The zero-order valence-electron chi connectivity index (χ0n) is 16.5. The van der Waals surface area contributed by atoms with Gasteiger partial charge in [-0.25, -0.2) is 0 Å². The van der Waals surface area contributed by atoms with Gasteiger partial charge in [-0.3, -0.25) is 9.59 Å². The monoisotopic (exact) mass is 396 g/mol. The number of nitrogens with zero attached hydrogens (tertiary/aromatic N) is 2. The third kappa shape index (κ3) is 4.64. The summed E-state index contributed by atoms with van der Waals surface area (Å²) < 4.78 is 0. The van der Waals surface area contributed by atoms with E-state index in [0.29, 0.717) is 13.1 Å². The molecule has 2 aromatic rings. The summed E-state index contributed by atoms with van der Waals surface area (Å²) in [4.78, 5) is 32.3. The number of hydrogen-bond acceptors (Lipinski definition) is 3. The summed E-state index contributed by atoms with van der Waals surface area (Å²) in [6, 6.07) is 14.6. The summed E-state index contributed by atoms with van der Waals surface area (Å²) >= 11 is 1.73. The van der Waals surface area contributed by atoms with Gasteiger partial charge in [0, 0.05) is 28.3 Å². The van der Waals surface area contributed by atoms with Crippen LogP contribution in [-0.4, -0.2) is 34.2 Å². The maximum absolute atomic E-state index is 13.3. The first-order valence-corrected chi connectivity index (χ1v) is 11.1. The van der Waals surface area contributed by atoms with Gasteiger partial charge in [-0.1, -0.05) is 36.8 Å².